The van der Waals surface area contributed by atoms with Gasteiger partial charge in [0, 0.05) is 9.13 Å². The standard InChI is InChI=1S/C10H12INO2/c1-13-9-3-7(11)2-6-4-14-5-8(12)10(6)9/h2-3,8H,4-5,12H2,1H3. The van der Waals surface area contributed by atoms with Crippen molar-refractivity contribution in [2.45, 2.75) is 12.6 Å². The summed E-state index contributed by atoms with van der Waals surface area (Å²) in [6, 6.07) is 4.04. The van der Waals surface area contributed by atoms with Gasteiger partial charge in [0.1, 0.15) is 5.75 Å². The van der Waals surface area contributed by atoms with Crippen LogP contribution in [0.15, 0.2) is 12.1 Å². The molecular weight excluding hydrogens is 293 g/mol. The minimum Gasteiger partial charge on any atom is -0.496 e. The van der Waals surface area contributed by atoms with Gasteiger partial charge < -0.3 is 15.2 Å². The summed E-state index contributed by atoms with van der Waals surface area (Å²) in [5, 5.41) is 0. The predicted octanol–water partition coefficient (Wildman–Crippen LogP) is 1.83. The zero-order valence-corrected chi connectivity index (χ0v) is 10.1. The molecule has 1 aromatic rings. The number of hydrogen-bond donors (Lipinski definition) is 1. The van der Waals surface area contributed by atoms with Crippen molar-refractivity contribution in [2.75, 3.05) is 13.7 Å². The van der Waals surface area contributed by atoms with Gasteiger partial charge in [-0.15, -0.1) is 0 Å². The summed E-state index contributed by atoms with van der Waals surface area (Å²) in [5.74, 6) is 0.878. The van der Waals surface area contributed by atoms with Crippen LogP contribution >= 0.6 is 22.6 Å². The first-order valence-corrected chi connectivity index (χ1v) is 5.50. The highest BCUT2D eigenvalue weighted by Crippen LogP contribution is 2.33. The molecule has 0 saturated carbocycles. The van der Waals surface area contributed by atoms with Crippen LogP contribution in [0.2, 0.25) is 0 Å². The van der Waals surface area contributed by atoms with Crippen molar-refractivity contribution in [2.24, 2.45) is 5.73 Å². The first-order valence-electron chi connectivity index (χ1n) is 4.42. The highest BCUT2D eigenvalue weighted by atomic mass is 127. The Kier molecular flexibility index (Phi) is 2.94. The van der Waals surface area contributed by atoms with Crippen LogP contribution in [-0.2, 0) is 11.3 Å². The van der Waals surface area contributed by atoms with Gasteiger partial charge in [-0.3, -0.25) is 0 Å². The number of ether oxygens (including phenoxy) is 2. The van der Waals surface area contributed by atoms with Crippen LogP contribution in [0.3, 0.4) is 0 Å². The molecule has 1 unspecified atom stereocenters. The first kappa shape index (κ1) is 10.2. The lowest BCUT2D eigenvalue weighted by molar-refractivity contribution is 0.0910. The second-order valence-electron chi connectivity index (χ2n) is 3.30. The summed E-state index contributed by atoms with van der Waals surface area (Å²) in [7, 11) is 1.67. The average molecular weight is 305 g/mol. The summed E-state index contributed by atoms with van der Waals surface area (Å²) in [6.45, 7) is 1.21. The van der Waals surface area contributed by atoms with E-state index in [9.17, 15) is 0 Å². The zero-order valence-electron chi connectivity index (χ0n) is 7.92. The van der Waals surface area contributed by atoms with E-state index < -0.39 is 0 Å². The van der Waals surface area contributed by atoms with Crippen LogP contribution < -0.4 is 10.5 Å². The zero-order chi connectivity index (χ0) is 10.1. The van der Waals surface area contributed by atoms with E-state index in [1.165, 1.54) is 0 Å². The Morgan fingerprint density at radius 3 is 3.07 bits per heavy atom. The lowest BCUT2D eigenvalue weighted by atomic mass is 9.98. The smallest absolute Gasteiger partial charge is 0.125 e. The van der Waals surface area contributed by atoms with Crippen LogP contribution in [-0.4, -0.2) is 13.7 Å². The van der Waals surface area contributed by atoms with Crippen molar-refractivity contribution in [1.82, 2.24) is 0 Å². The molecule has 0 radical (unpaired) electrons. The highest BCUT2D eigenvalue weighted by Gasteiger charge is 2.21. The summed E-state index contributed by atoms with van der Waals surface area (Å²) in [5.41, 5.74) is 8.21. The Morgan fingerprint density at radius 1 is 1.57 bits per heavy atom. The lowest BCUT2D eigenvalue weighted by Crippen LogP contribution is -2.24. The van der Waals surface area contributed by atoms with Crippen LogP contribution in [0.4, 0.5) is 0 Å². The molecule has 1 aliphatic heterocycles. The average Bonchev–Trinajstić information content (AvgIpc) is 2.16. The van der Waals surface area contributed by atoms with Gasteiger partial charge in [-0.05, 0) is 40.3 Å². The number of halogens is 1. The van der Waals surface area contributed by atoms with Crippen molar-refractivity contribution in [3.8, 4) is 5.75 Å². The molecule has 1 aromatic carbocycles. The van der Waals surface area contributed by atoms with E-state index in [0.717, 1.165) is 20.4 Å². The molecule has 0 spiro atoms. The summed E-state index contributed by atoms with van der Waals surface area (Å²) >= 11 is 2.27. The number of hydrogen-bond acceptors (Lipinski definition) is 3. The molecule has 1 atom stereocenters. The SMILES string of the molecule is COc1cc(I)cc2c1C(N)COC2. The second-order valence-corrected chi connectivity index (χ2v) is 4.55. The van der Waals surface area contributed by atoms with E-state index in [1.54, 1.807) is 7.11 Å². The molecule has 1 aliphatic rings. The van der Waals surface area contributed by atoms with Gasteiger partial charge in [0.25, 0.3) is 0 Å². The van der Waals surface area contributed by atoms with E-state index in [0.29, 0.717) is 13.2 Å². The van der Waals surface area contributed by atoms with E-state index in [2.05, 4.69) is 28.7 Å². The molecule has 0 fully saturated rings. The molecule has 0 aliphatic carbocycles. The third-order valence-electron chi connectivity index (χ3n) is 2.34. The molecule has 0 saturated heterocycles. The number of fused-ring (bicyclic) bond motifs is 1. The highest BCUT2D eigenvalue weighted by molar-refractivity contribution is 14.1. The Bertz CT molecular complexity index is 337. The van der Waals surface area contributed by atoms with Crippen molar-refractivity contribution in [3.63, 3.8) is 0 Å². The van der Waals surface area contributed by atoms with Crippen LogP contribution in [0.25, 0.3) is 0 Å². The predicted molar refractivity (Wildman–Crippen MR) is 62.3 cm³/mol. The van der Waals surface area contributed by atoms with E-state index in [1.807, 2.05) is 6.07 Å². The number of nitrogens with two attached hydrogens (primary N) is 1. The third-order valence-corrected chi connectivity index (χ3v) is 2.96. The molecule has 76 valence electrons. The second kappa shape index (κ2) is 4.04. The molecule has 4 heteroatoms. The molecule has 2 N–H and O–H groups in total. The minimum absolute atomic E-state index is 0.0642. The third kappa shape index (κ3) is 1.74. The maximum absolute atomic E-state index is 5.97. The number of rotatable bonds is 1. The monoisotopic (exact) mass is 305 g/mol. The molecular formula is C10H12INO2. The lowest BCUT2D eigenvalue weighted by Gasteiger charge is -2.24. The Hall–Kier alpha value is -0.330. The molecule has 2 rings (SSSR count). The fourth-order valence-corrected chi connectivity index (χ4v) is 2.39. The van der Waals surface area contributed by atoms with Gasteiger partial charge in [0.15, 0.2) is 0 Å². The van der Waals surface area contributed by atoms with Gasteiger partial charge in [0.2, 0.25) is 0 Å². The van der Waals surface area contributed by atoms with Gasteiger partial charge in [-0.1, -0.05) is 0 Å². The number of benzene rings is 1. The van der Waals surface area contributed by atoms with E-state index in [4.69, 9.17) is 15.2 Å². The van der Waals surface area contributed by atoms with E-state index in [-0.39, 0.29) is 6.04 Å². The van der Waals surface area contributed by atoms with Gasteiger partial charge >= 0.3 is 0 Å². The van der Waals surface area contributed by atoms with Crippen LogP contribution in [0.1, 0.15) is 17.2 Å². The van der Waals surface area contributed by atoms with Crippen LogP contribution in [0.5, 0.6) is 5.75 Å². The van der Waals surface area contributed by atoms with Crippen molar-refractivity contribution >= 4 is 22.6 Å². The number of methoxy groups -OCH3 is 1. The summed E-state index contributed by atoms with van der Waals surface area (Å²) in [6.07, 6.45) is 0. The molecule has 0 bridgehead atoms. The maximum atomic E-state index is 5.97. The maximum Gasteiger partial charge on any atom is 0.125 e. The van der Waals surface area contributed by atoms with Gasteiger partial charge in [-0.2, -0.15) is 0 Å². The summed E-state index contributed by atoms with van der Waals surface area (Å²) < 4.78 is 11.9. The minimum atomic E-state index is -0.0642. The van der Waals surface area contributed by atoms with Gasteiger partial charge in [-0.25, -0.2) is 0 Å². The molecule has 0 amide bonds. The van der Waals surface area contributed by atoms with E-state index >= 15 is 0 Å². The quantitative estimate of drug-likeness (QED) is 0.805. The van der Waals surface area contributed by atoms with Crippen molar-refractivity contribution < 1.29 is 9.47 Å². The Morgan fingerprint density at radius 2 is 2.36 bits per heavy atom. The fourth-order valence-electron chi connectivity index (χ4n) is 1.74. The first-order chi connectivity index (χ1) is 6.72. The van der Waals surface area contributed by atoms with Gasteiger partial charge in [0.05, 0.1) is 26.4 Å². The summed E-state index contributed by atoms with van der Waals surface area (Å²) in [4.78, 5) is 0. The molecule has 0 aromatic heterocycles. The topological polar surface area (TPSA) is 44.5 Å². The van der Waals surface area contributed by atoms with Crippen LogP contribution in [0, 0.1) is 3.57 Å². The Labute approximate surface area is 96.7 Å². The van der Waals surface area contributed by atoms with Crippen molar-refractivity contribution in [3.05, 3.63) is 26.8 Å². The normalized spacial score (nSPS) is 20.4. The Balaban J connectivity index is 2.55. The molecule has 3 nitrogen and oxygen atoms in total. The molecule has 14 heavy (non-hydrogen) atoms. The largest absolute Gasteiger partial charge is 0.496 e. The fraction of sp³-hybridized carbons (Fsp3) is 0.400. The van der Waals surface area contributed by atoms with Crippen molar-refractivity contribution in [1.29, 1.82) is 0 Å². The molecule has 1 heterocycles.